The summed E-state index contributed by atoms with van der Waals surface area (Å²) >= 11 is 0. The number of amides is 6. The molecule has 0 aromatic heterocycles. The van der Waals surface area contributed by atoms with E-state index >= 15 is 18.4 Å². The highest BCUT2D eigenvalue weighted by molar-refractivity contribution is 6.01. The summed E-state index contributed by atoms with van der Waals surface area (Å²) in [6, 6.07) is 24.7. The number of hydrogen-bond donors (Lipinski definition) is 6. The SMILES string of the molecule is CC1(CC(N)=O)c2ccc(cc2)[C@]1(C(=O)NC(=O)O)N1CCCC1C1CC[C@@H](C2CCCN2[C@@]2(C(=O)NC(=O)O)c3ccc(cc3)C2(C)CC(N)=O)N1c1cc(F)c(N2CCC(c3ccccc3)CC2)c(F)c1. The Morgan fingerprint density at radius 2 is 0.986 bits per heavy atom. The molecule has 12 rings (SSSR count). The second-order valence-electron chi connectivity index (χ2n) is 21.4. The predicted octanol–water partition coefficient (Wildman–Crippen LogP) is 6.29. The van der Waals surface area contributed by atoms with E-state index in [-0.39, 0.29) is 43.2 Å². The molecule has 4 fully saturated rings. The first-order valence-electron chi connectivity index (χ1n) is 25.3. The van der Waals surface area contributed by atoms with Crippen molar-refractivity contribution in [3.05, 3.63) is 130 Å². The van der Waals surface area contributed by atoms with E-state index < -0.39 is 93.5 Å². The van der Waals surface area contributed by atoms with Gasteiger partial charge in [0.25, 0.3) is 11.8 Å². The molecule has 0 spiro atoms. The average molecular weight is 1000 g/mol. The van der Waals surface area contributed by atoms with Crippen molar-refractivity contribution in [1.29, 1.82) is 0 Å². The molecule has 4 saturated heterocycles. The molecule has 4 bridgehead atoms. The van der Waals surface area contributed by atoms with Crippen LogP contribution in [-0.2, 0) is 41.1 Å². The van der Waals surface area contributed by atoms with Crippen molar-refractivity contribution >= 4 is 47.2 Å². The molecular weight excluding hydrogens is 939 g/mol. The highest BCUT2D eigenvalue weighted by Crippen LogP contribution is 2.59. The Balaban J connectivity index is 1.11. The van der Waals surface area contributed by atoms with Gasteiger partial charge in [0, 0.05) is 66.6 Å². The van der Waals surface area contributed by atoms with Crippen LogP contribution in [0.2, 0.25) is 0 Å². The van der Waals surface area contributed by atoms with Crippen LogP contribution in [0.25, 0.3) is 0 Å². The minimum Gasteiger partial charge on any atom is -0.465 e. The molecular formula is C55H62F2N8O8. The number of nitrogens with zero attached hydrogens (tertiary/aromatic N) is 4. The number of primary amides is 2. The number of imide groups is 2. The Morgan fingerprint density at radius 3 is 1.38 bits per heavy atom. The van der Waals surface area contributed by atoms with Gasteiger partial charge in [-0.25, -0.2) is 18.4 Å². The number of carbonyl (C=O) groups is 6. The van der Waals surface area contributed by atoms with Crippen LogP contribution in [0.5, 0.6) is 0 Å². The van der Waals surface area contributed by atoms with E-state index in [0.29, 0.717) is 86.7 Å². The maximum Gasteiger partial charge on any atom is 0.411 e. The van der Waals surface area contributed by atoms with E-state index in [4.69, 9.17) is 11.5 Å². The number of likely N-dealkylation sites (tertiary alicyclic amines) is 2. The second kappa shape index (κ2) is 18.5. The van der Waals surface area contributed by atoms with Crippen molar-refractivity contribution in [3.63, 3.8) is 0 Å². The van der Waals surface area contributed by atoms with Crippen molar-refractivity contribution in [2.75, 3.05) is 36.0 Å². The Bertz CT molecular complexity index is 2710. The van der Waals surface area contributed by atoms with E-state index in [1.54, 1.807) is 67.3 Å². The van der Waals surface area contributed by atoms with Gasteiger partial charge in [-0.3, -0.25) is 39.6 Å². The third-order valence-electron chi connectivity index (χ3n) is 17.8. The molecule has 0 saturated carbocycles. The molecule has 8 aliphatic rings. The summed E-state index contributed by atoms with van der Waals surface area (Å²) < 4.78 is 34.5. The first-order valence-corrected chi connectivity index (χ1v) is 25.3. The zero-order chi connectivity index (χ0) is 51.8. The van der Waals surface area contributed by atoms with Gasteiger partial charge >= 0.3 is 12.2 Å². The van der Waals surface area contributed by atoms with Crippen LogP contribution >= 0.6 is 0 Å². The van der Waals surface area contributed by atoms with Crippen molar-refractivity contribution < 1.29 is 47.8 Å². The van der Waals surface area contributed by atoms with Gasteiger partial charge in [0.1, 0.15) is 16.8 Å². The fraction of sp³-hybridized carbons (Fsp3) is 0.455. The minimum atomic E-state index is -1.78. The molecule has 4 aliphatic carbocycles. The minimum absolute atomic E-state index is 0.138. The topological polar surface area (TPSA) is 232 Å². The molecule has 18 heteroatoms. The molecule has 4 aromatic carbocycles. The van der Waals surface area contributed by atoms with Crippen LogP contribution in [0, 0.1) is 11.6 Å². The van der Waals surface area contributed by atoms with E-state index in [1.165, 1.54) is 17.7 Å². The van der Waals surface area contributed by atoms with Gasteiger partial charge in [0.2, 0.25) is 11.8 Å². The van der Waals surface area contributed by atoms with E-state index in [9.17, 15) is 29.4 Å². The van der Waals surface area contributed by atoms with Crippen molar-refractivity contribution in [2.45, 2.75) is 130 Å². The molecule has 6 amide bonds. The van der Waals surface area contributed by atoms with Crippen LogP contribution in [0.1, 0.15) is 112 Å². The summed E-state index contributed by atoms with van der Waals surface area (Å²) in [6.07, 6.45) is 0.458. The number of rotatable bonds is 13. The van der Waals surface area contributed by atoms with E-state index in [1.807, 2.05) is 32.9 Å². The van der Waals surface area contributed by atoms with E-state index in [2.05, 4.69) is 22.8 Å². The second-order valence-corrected chi connectivity index (χ2v) is 21.4. The highest BCUT2D eigenvalue weighted by atomic mass is 19.1. The zero-order valence-corrected chi connectivity index (χ0v) is 41.0. The molecule has 384 valence electrons. The lowest BCUT2D eigenvalue weighted by molar-refractivity contribution is -0.144. The van der Waals surface area contributed by atoms with Crippen LogP contribution in [0.3, 0.4) is 0 Å². The lowest BCUT2D eigenvalue weighted by atomic mass is 9.56. The third kappa shape index (κ3) is 7.64. The molecule has 16 nitrogen and oxygen atoms in total. The molecule has 0 radical (unpaired) electrons. The first-order chi connectivity index (χ1) is 34.9. The quantitative estimate of drug-likeness (QED) is 0.0869. The van der Waals surface area contributed by atoms with Crippen molar-refractivity contribution in [2.24, 2.45) is 11.5 Å². The number of halogens is 2. The summed E-state index contributed by atoms with van der Waals surface area (Å²) in [6.45, 7) is 4.91. The first kappa shape index (κ1) is 49.6. The maximum absolute atomic E-state index is 17.3. The Kier molecular flexibility index (Phi) is 12.6. The Labute approximate surface area is 422 Å². The standard InChI is InChI=1S/C55H62F2N8O8/c1-52(30-45(58)66)34-12-16-36(17-13-34)54(52,48(68)60-50(70)71)63-24-6-10-41(63)43-20-21-44(65(43)38-28-39(56)47(40(57)29-38)62-26-22-33(23-27-62)32-8-4-3-5-9-32)42-11-7-25-64(42)55(49(69)61-51(72)73)37-18-14-35(15-19-37)53(55,2)31-46(59)67/h3-5,8-9,12-19,28-29,33,41-44H,6-7,10-11,20-27,30-31H2,1-2H3,(H2,58,66)(H2,59,67)(H,60,68)(H,61,69)(H,70,71)(H,72,73)/t41?,42?,43-,44?,52?,53?,54+,55+/m0/s1. The number of nitrogens with two attached hydrogens (primary N) is 2. The van der Waals surface area contributed by atoms with Crippen LogP contribution in [0.4, 0.5) is 29.7 Å². The molecule has 8 N–H and O–H groups in total. The third-order valence-corrected chi connectivity index (χ3v) is 17.8. The molecule has 8 atom stereocenters. The Hall–Kier alpha value is -6.92. The fourth-order valence-corrected chi connectivity index (χ4v) is 15.1. The fourth-order valence-electron chi connectivity index (χ4n) is 15.1. The van der Waals surface area contributed by atoms with Gasteiger partial charge in [0.15, 0.2) is 11.6 Å². The Morgan fingerprint density at radius 1 is 0.575 bits per heavy atom. The van der Waals surface area contributed by atoms with Crippen LogP contribution < -0.4 is 31.9 Å². The molecule has 4 aromatic rings. The number of fused-ring (bicyclic) bond motifs is 6. The lowest BCUT2D eigenvalue weighted by Gasteiger charge is -2.58. The van der Waals surface area contributed by atoms with Gasteiger partial charge in [0.05, 0.1) is 0 Å². The molecule has 5 unspecified atom stereocenters. The smallest absolute Gasteiger partial charge is 0.411 e. The average Bonchev–Trinajstić information content (AvgIpc) is 4.13. The number of benzene rings is 4. The summed E-state index contributed by atoms with van der Waals surface area (Å²) in [7, 11) is 0. The van der Waals surface area contributed by atoms with Crippen molar-refractivity contribution in [1.82, 2.24) is 20.4 Å². The van der Waals surface area contributed by atoms with Gasteiger partial charge in [-0.2, -0.15) is 0 Å². The molecule has 73 heavy (non-hydrogen) atoms. The number of nitrogens with one attached hydrogen (secondary N) is 2. The normalized spacial score (nSPS) is 29.9. The number of anilines is 2. The summed E-state index contributed by atoms with van der Waals surface area (Å²) in [5.41, 5.74) is 9.05. The van der Waals surface area contributed by atoms with E-state index in [0.717, 1.165) is 0 Å². The monoisotopic (exact) mass is 1000 g/mol. The zero-order valence-electron chi connectivity index (χ0n) is 41.0. The number of carboxylic acid groups (broad SMARTS) is 2. The lowest BCUT2D eigenvalue weighted by Crippen LogP contribution is -2.72. The van der Waals surface area contributed by atoms with Gasteiger partial charge in [-0.05, 0) is 110 Å². The number of piperidine rings is 1. The summed E-state index contributed by atoms with van der Waals surface area (Å²) in [4.78, 5) is 88.9. The largest absolute Gasteiger partial charge is 0.465 e. The van der Waals surface area contributed by atoms with Gasteiger partial charge < -0.3 is 31.5 Å². The van der Waals surface area contributed by atoms with Gasteiger partial charge in [-0.1, -0.05) is 92.7 Å². The maximum atomic E-state index is 17.3. The van der Waals surface area contributed by atoms with Crippen LogP contribution in [0.15, 0.2) is 91.0 Å². The summed E-state index contributed by atoms with van der Waals surface area (Å²) in [5, 5.41) is 24.6. The number of hydrogen-bond acceptors (Lipinski definition) is 10. The molecule has 4 aliphatic heterocycles. The molecule has 4 heterocycles. The summed E-state index contributed by atoms with van der Waals surface area (Å²) in [5.74, 6) is -4.41. The van der Waals surface area contributed by atoms with Crippen LogP contribution in [-0.4, -0.2) is 106 Å². The van der Waals surface area contributed by atoms with Gasteiger partial charge in [-0.15, -0.1) is 0 Å². The number of carbonyl (C=O) groups excluding carboxylic acids is 4. The van der Waals surface area contributed by atoms with Crippen molar-refractivity contribution in [3.8, 4) is 0 Å². The predicted molar refractivity (Wildman–Crippen MR) is 267 cm³/mol. The highest BCUT2D eigenvalue weighted by Gasteiger charge is 2.67.